The van der Waals surface area contributed by atoms with Crippen LogP contribution in [0.5, 0.6) is 0 Å². The zero-order valence-corrected chi connectivity index (χ0v) is 20.0. The predicted octanol–water partition coefficient (Wildman–Crippen LogP) is 2.65. The molecular weight excluding hydrogens is 495 g/mol. The Kier molecular flexibility index (Phi) is 10.6. The van der Waals surface area contributed by atoms with Crippen molar-refractivity contribution in [3.05, 3.63) is 35.9 Å². The molecule has 2 saturated heterocycles. The number of aliphatic imine (C=N–C) groups is 1. The highest BCUT2D eigenvalue weighted by molar-refractivity contribution is 14.0. The Labute approximate surface area is 196 Å². The number of nitrogens with one attached hydrogen (secondary N) is 1. The standard InChI is InChI=1S/C22H32N4O3.HI/c1-2-23-22(24-12-14-26-20(27)9-6-10-21(26)28)25-13-11-19(15-25)17-29-16-18-7-4-3-5-8-18;/h3-5,7-8,19H,2,6,9-17H2,1H3,(H,23,24);1H. The molecule has 0 spiro atoms. The number of halogens is 1. The first-order valence-corrected chi connectivity index (χ1v) is 10.7. The molecule has 1 aromatic carbocycles. The summed E-state index contributed by atoms with van der Waals surface area (Å²) in [6, 6.07) is 10.2. The van der Waals surface area contributed by atoms with E-state index in [-0.39, 0.29) is 35.8 Å². The highest BCUT2D eigenvalue weighted by Gasteiger charge is 2.27. The Balaban J connectivity index is 0.00000320. The molecule has 1 atom stereocenters. The van der Waals surface area contributed by atoms with Gasteiger partial charge in [0.2, 0.25) is 11.8 Å². The summed E-state index contributed by atoms with van der Waals surface area (Å²) in [5.41, 5.74) is 1.19. The van der Waals surface area contributed by atoms with Crippen molar-refractivity contribution in [1.29, 1.82) is 0 Å². The second-order valence-electron chi connectivity index (χ2n) is 7.63. The van der Waals surface area contributed by atoms with Gasteiger partial charge in [-0.1, -0.05) is 30.3 Å². The van der Waals surface area contributed by atoms with Gasteiger partial charge in [-0.25, -0.2) is 0 Å². The van der Waals surface area contributed by atoms with Crippen molar-refractivity contribution in [2.75, 3.05) is 39.3 Å². The van der Waals surface area contributed by atoms with Gasteiger partial charge in [0.25, 0.3) is 0 Å². The van der Waals surface area contributed by atoms with Gasteiger partial charge in [0.05, 0.1) is 19.8 Å². The lowest BCUT2D eigenvalue weighted by Crippen LogP contribution is -2.43. The van der Waals surface area contributed by atoms with Crippen LogP contribution < -0.4 is 5.32 Å². The van der Waals surface area contributed by atoms with Crippen molar-refractivity contribution >= 4 is 41.8 Å². The molecule has 2 fully saturated rings. The molecular formula is C22H33IN4O3. The van der Waals surface area contributed by atoms with Crippen LogP contribution in [-0.4, -0.2) is 66.9 Å². The Morgan fingerprint density at radius 1 is 1.20 bits per heavy atom. The molecule has 0 aliphatic carbocycles. The van der Waals surface area contributed by atoms with E-state index in [1.807, 2.05) is 25.1 Å². The molecule has 1 N–H and O–H groups in total. The van der Waals surface area contributed by atoms with Crippen LogP contribution in [0, 0.1) is 5.92 Å². The summed E-state index contributed by atoms with van der Waals surface area (Å²) in [5.74, 6) is 1.19. The molecule has 7 nitrogen and oxygen atoms in total. The summed E-state index contributed by atoms with van der Waals surface area (Å²) in [6.45, 7) is 6.85. The fraction of sp³-hybridized carbons (Fsp3) is 0.591. The summed E-state index contributed by atoms with van der Waals surface area (Å²) in [7, 11) is 0. The van der Waals surface area contributed by atoms with Crippen LogP contribution in [-0.2, 0) is 20.9 Å². The Bertz CT molecular complexity index is 698. The largest absolute Gasteiger partial charge is 0.376 e. The topological polar surface area (TPSA) is 74.2 Å². The lowest BCUT2D eigenvalue weighted by Gasteiger charge is -2.25. The Hall–Kier alpha value is -1.68. The number of guanidine groups is 1. The molecule has 30 heavy (non-hydrogen) atoms. The van der Waals surface area contributed by atoms with Crippen LogP contribution in [0.2, 0.25) is 0 Å². The van der Waals surface area contributed by atoms with Crippen LogP contribution >= 0.6 is 24.0 Å². The number of benzene rings is 1. The van der Waals surface area contributed by atoms with E-state index >= 15 is 0 Å². The lowest BCUT2D eigenvalue weighted by molar-refractivity contribution is -0.147. The third kappa shape index (κ3) is 7.23. The van der Waals surface area contributed by atoms with E-state index < -0.39 is 0 Å². The van der Waals surface area contributed by atoms with Crippen LogP contribution in [0.1, 0.15) is 38.2 Å². The third-order valence-electron chi connectivity index (χ3n) is 5.35. The zero-order valence-electron chi connectivity index (χ0n) is 17.7. The van der Waals surface area contributed by atoms with Crippen LogP contribution in [0.4, 0.5) is 0 Å². The normalized spacial score (nSPS) is 19.8. The first kappa shape index (κ1) is 24.6. The van der Waals surface area contributed by atoms with Gasteiger partial charge in [-0.15, -0.1) is 24.0 Å². The smallest absolute Gasteiger partial charge is 0.229 e. The molecule has 2 heterocycles. The number of carbonyl (C=O) groups is 2. The van der Waals surface area contributed by atoms with Crippen LogP contribution in [0.3, 0.4) is 0 Å². The molecule has 0 bridgehead atoms. The number of imide groups is 1. The summed E-state index contributed by atoms with van der Waals surface area (Å²) < 4.78 is 5.91. The molecule has 0 saturated carbocycles. The number of likely N-dealkylation sites (tertiary alicyclic amines) is 2. The number of ether oxygens (including phenoxy) is 1. The van der Waals surface area contributed by atoms with Gasteiger partial charge < -0.3 is 15.0 Å². The number of hydrogen-bond acceptors (Lipinski definition) is 4. The monoisotopic (exact) mass is 528 g/mol. The number of carbonyl (C=O) groups excluding carboxylic acids is 2. The molecule has 1 unspecified atom stereocenters. The molecule has 3 rings (SSSR count). The summed E-state index contributed by atoms with van der Waals surface area (Å²) in [4.78, 5) is 32.1. The predicted molar refractivity (Wildman–Crippen MR) is 128 cm³/mol. The van der Waals surface area contributed by atoms with Gasteiger partial charge in [0.15, 0.2) is 5.96 Å². The molecule has 0 aromatic heterocycles. The molecule has 166 valence electrons. The SMILES string of the molecule is CCNC(=NCCN1C(=O)CCCC1=O)N1CCC(COCc2ccccc2)C1.I. The van der Waals surface area contributed by atoms with Gasteiger partial charge in [-0.05, 0) is 25.3 Å². The summed E-state index contributed by atoms with van der Waals surface area (Å²) >= 11 is 0. The number of piperidine rings is 1. The lowest BCUT2D eigenvalue weighted by atomic mass is 10.1. The Morgan fingerprint density at radius 2 is 1.93 bits per heavy atom. The van der Waals surface area contributed by atoms with Crippen molar-refractivity contribution in [2.45, 2.75) is 39.2 Å². The number of nitrogens with zero attached hydrogens (tertiary/aromatic N) is 3. The van der Waals surface area contributed by atoms with E-state index in [1.54, 1.807) is 0 Å². The van der Waals surface area contributed by atoms with Crippen molar-refractivity contribution in [2.24, 2.45) is 10.9 Å². The molecule has 0 radical (unpaired) electrons. The van der Waals surface area contributed by atoms with Gasteiger partial charge in [-0.2, -0.15) is 0 Å². The van der Waals surface area contributed by atoms with Crippen molar-refractivity contribution in [3.63, 3.8) is 0 Å². The molecule has 1 aromatic rings. The average molecular weight is 528 g/mol. The third-order valence-corrected chi connectivity index (χ3v) is 5.35. The highest BCUT2D eigenvalue weighted by atomic mass is 127. The van der Waals surface area contributed by atoms with Crippen LogP contribution in [0.15, 0.2) is 35.3 Å². The average Bonchev–Trinajstić information content (AvgIpc) is 3.19. The minimum absolute atomic E-state index is 0. The van der Waals surface area contributed by atoms with Crippen molar-refractivity contribution in [1.82, 2.24) is 15.1 Å². The van der Waals surface area contributed by atoms with Gasteiger partial charge >= 0.3 is 0 Å². The van der Waals surface area contributed by atoms with Crippen molar-refractivity contribution in [3.8, 4) is 0 Å². The van der Waals surface area contributed by atoms with Gasteiger partial charge in [0.1, 0.15) is 0 Å². The maximum Gasteiger partial charge on any atom is 0.229 e. The van der Waals surface area contributed by atoms with E-state index in [2.05, 4.69) is 27.3 Å². The zero-order chi connectivity index (χ0) is 20.5. The van der Waals surface area contributed by atoms with E-state index in [0.29, 0.717) is 44.9 Å². The first-order valence-electron chi connectivity index (χ1n) is 10.7. The first-order chi connectivity index (χ1) is 14.2. The van der Waals surface area contributed by atoms with E-state index in [9.17, 15) is 9.59 Å². The van der Waals surface area contributed by atoms with Gasteiger partial charge in [-0.3, -0.25) is 19.5 Å². The molecule has 2 aliphatic rings. The second kappa shape index (κ2) is 12.9. The highest BCUT2D eigenvalue weighted by Crippen LogP contribution is 2.17. The van der Waals surface area contributed by atoms with Gasteiger partial charge in [0, 0.05) is 44.9 Å². The Morgan fingerprint density at radius 3 is 2.63 bits per heavy atom. The molecule has 8 heteroatoms. The maximum atomic E-state index is 11.9. The quantitative estimate of drug-likeness (QED) is 0.243. The van der Waals surface area contributed by atoms with E-state index in [1.165, 1.54) is 10.5 Å². The van der Waals surface area contributed by atoms with E-state index in [0.717, 1.165) is 38.6 Å². The number of amides is 2. The maximum absolute atomic E-state index is 11.9. The molecule has 2 aliphatic heterocycles. The number of rotatable bonds is 8. The van der Waals surface area contributed by atoms with Crippen LogP contribution in [0.25, 0.3) is 0 Å². The summed E-state index contributed by atoms with van der Waals surface area (Å²) in [6.07, 6.45) is 2.67. The second-order valence-corrected chi connectivity index (χ2v) is 7.63. The summed E-state index contributed by atoms with van der Waals surface area (Å²) in [5, 5.41) is 3.33. The number of hydrogen-bond donors (Lipinski definition) is 1. The minimum atomic E-state index is -0.0711. The molecule has 2 amide bonds. The van der Waals surface area contributed by atoms with Crippen molar-refractivity contribution < 1.29 is 14.3 Å². The fourth-order valence-electron chi connectivity index (χ4n) is 3.81. The minimum Gasteiger partial charge on any atom is -0.376 e. The fourth-order valence-corrected chi connectivity index (χ4v) is 3.81. The van der Waals surface area contributed by atoms with E-state index in [4.69, 9.17) is 4.74 Å².